The molecule has 0 N–H and O–H groups in total. The number of Topliss-reactive ketones (excluding diaryl/α,β-unsaturated/α-hetero) is 2. The van der Waals surface area contributed by atoms with Crippen molar-refractivity contribution in [1.29, 1.82) is 0 Å². The lowest BCUT2D eigenvalue weighted by atomic mass is 10.0. The predicted molar refractivity (Wildman–Crippen MR) is 133 cm³/mol. The molecule has 5 nitrogen and oxygen atoms in total. The topological polar surface area (TPSA) is 69.7 Å². The lowest BCUT2D eigenvalue weighted by Gasteiger charge is -2.45. The molecule has 4 rings (SSSR count). The van der Waals surface area contributed by atoms with E-state index in [4.69, 9.17) is 9.16 Å². The molecule has 2 aromatic carbocycles. The van der Waals surface area contributed by atoms with Crippen LogP contribution in [-0.4, -0.2) is 38.6 Å². The second-order valence-corrected chi connectivity index (χ2v) is 14.8. The largest absolute Gasteiger partial charge is 0.460 e. The van der Waals surface area contributed by atoms with E-state index < -0.39 is 20.1 Å². The lowest BCUT2D eigenvalue weighted by Crippen LogP contribution is -2.67. The first-order valence-corrected chi connectivity index (χ1v) is 14.1. The molecule has 0 aromatic heterocycles. The van der Waals surface area contributed by atoms with Crippen molar-refractivity contribution in [2.24, 2.45) is 17.8 Å². The van der Waals surface area contributed by atoms with Crippen molar-refractivity contribution in [3.05, 3.63) is 60.7 Å². The molecule has 34 heavy (non-hydrogen) atoms. The number of carbonyl (C=O) groups is 3. The number of rotatable bonds is 9. The number of fused-ring (bicyclic) bond motifs is 1. The zero-order valence-corrected chi connectivity index (χ0v) is 21.5. The predicted octanol–water partition coefficient (Wildman–Crippen LogP) is 3.68. The second-order valence-electron chi connectivity index (χ2n) is 10.5. The fourth-order valence-corrected chi connectivity index (χ4v) is 10.6. The number of ketones is 2. The first kappa shape index (κ1) is 24.5. The van der Waals surface area contributed by atoms with E-state index in [1.807, 2.05) is 12.1 Å². The zero-order valence-electron chi connectivity index (χ0n) is 20.5. The van der Waals surface area contributed by atoms with Crippen LogP contribution >= 0.6 is 0 Å². The number of carbonyl (C=O) groups excluding carboxylic acids is 3. The van der Waals surface area contributed by atoms with Gasteiger partial charge >= 0.3 is 5.97 Å². The molecule has 2 aliphatic rings. The standard InChI is InChI=1S/C28H34O5Si/c1-5-32-27(31)25(30)18-24(29)26-22-16-19(17-23(22)26)33-34(28(2,3)4,20-12-8-6-9-13-20)21-14-10-7-11-15-21/h6-15,19,22-23,26H,5,16-18H2,1-4H3. The Morgan fingerprint density at radius 1 is 0.882 bits per heavy atom. The normalized spacial score (nSPS) is 23.8. The molecule has 2 unspecified atom stereocenters. The fraction of sp³-hybridized carbons (Fsp3) is 0.464. The van der Waals surface area contributed by atoms with Gasteiger partial charge < -0.3 is 9.16 Å². The Hall–Kier alpha value is -2.57. The van der Waals surface area contributed by atoms with Crippen LogP contribution in [0.25, 0.3) is 0 Å². The van der Waals surface area contributed by atoms with Gasteiger partial charge in [0.15, 0.2) is 0 Å². The molecule has 2 atom stereocenters. The molecule has 0 bridgehead atoms. The SMILES string of the molecule is CCOC(=O)C(=O)CC(=O)C1C2CC(O[Si](c3ccccc3)(c3ccccc3)C(C)(C)C)CC21. The summed E-state index contributed by atoms with van der Waals surface area (Å²) < 4.78 is 11.9. The number of ether oxygens (including phenoxy) is 1. The van der Waals surface area contributed by atoms with Crippen LogP contribution in [0.1, 0.15) is 47.0 Å². The summed E-state index contributed by atoms with van der Waals surface area (Å²) in [6, 6.07) is 21.1. The maximum atomic E-state index is 12.7. The molecule has 2 aromatic rings. The molecule has 2 saturated carbocycles. The van der Waals surface area contributed by atoms with Crippen molar-refractivity contribution in [2.75, 3.05) is 6.61 Å². The minimum atomic E-state index is -2.62. The third kappa shape index (κ3) is 4.53. The Kier molecular flexibility index (Phi) is 6.92. The van der Waals surface area contributed by atoms with E-state index in [0.717, 1.165) is 12.8 Å². The minimum Gasteiger partial charge on any atom is -0.460 e. The van der Waals surface area contributed by atoms with Gasteiger partial charge in [0.1, 0.15) is 5.78 Å². The quantitative estimate of drug-likeness (QED) is 0.238. The van der Waals surface area contributed by atoms with Crippen LogP contribution in [0, 0.1) is 17.8 Å². The molecule has 6 heteroatoms. The highest BCUT2D eigenvalue weighted by atomic mass is 28.4. The van der Waals surface area contributed by atoms with Gasteiger partial charge in [-0.1, -0.05) is 81.4 Å². The molecule has 2 aliphatic carbocycles. The molecule has 0 spiro atoms. The molecule has 0 heterocycles. The fourth-order valence-electron chi connectivity index (χ4n) is 5.87. The highest BCUT2D eigenvalue weighted by molar-refractivity contribution is 6.99. The third-order valence-electron chi connectivity index (χ3n) is 7.37. The number of esters is 1. The van der Waals surface area contributed by atoms with E-state index in [-0.39, 0.29) is 47.7 Å². The molecule has 0 aliphatic heterocycles. The number of benzene rings is 2. The van der Waals surface area contributed by atoms with Crippen molar-refractivity contribution >= 4 is 36.2 Å². The van der Waals surface area contributed by atoms with Crippen molar-refractivity contribution in [3.8, 4) is 0 Å². The number of hydrogen-bond donors (Lipinski definition) is 0. The van der Waals surface area contributed by atoms with Crippen LogP contribution < -0.4 is 10.4 Å². The Bertz CT molecular complexity index is 992. The summed E-state index contributed by atoms with van der Waals surface area (Å²) in [5, 5.41) is 2.41. The van der Waals surface area contributed by atoms with Crippen LogP contribution in [0.4, 0.5) is 0 Å². The van der Waals surface area contributed by atoms with Crippen molar-refractivity contribution in [2.45, 2.75) is 58.1 Å². The first-order valence-electron chi connectivity index (χ1n) is 12.2. The summed E-state index contributed by atoms with van der Waals surface area (Å²) in [7, 11) is -2.62. The van der Waals surface area contributed by atoms with E-state index in [9.17, 15) is 14.4 Å². The lowest BCUT2D eigenvalue weighted by molar-refractivity contribution is -0.154. The van der Waals surface area contributed by atoms with Gasteiger partial charge in [0.05, 0.1) is 13.0 Å². The van der Waals surface area contributed by atoms with Gasteiger partial charge in [-0.15, -0.1) is 0 Å². The van der Waals surface area contributed by atoms with E-state index in [1.165, 1.54) is 10.4 Å². The summed E-state index contributed by atoms with van der Waals surface area (Å²) in [4.78, 5) is 36.2. The maximum Gasteiger partial charge on any atom is 0.375 e. The van der Waals surface area contributed by atoms with E-state index in [0.29, 0.717) is 0 Å². The third-order valence-corrected chi connectivity index (χ3v) is 12.5. The van der Waals surface area contributed by atoms with Gasteiger partial charge in [-0.3, -0.25) is 9.59 Å². The Balaban J connectivity index is 1.51. The summed E-state index contributed by atoms with van der Waals surface area (Å²) in [5.41, 5.74) is 0. The summed E-state index contributed by atoms with van der Waals surface area (Å²) in [6.07, 6.45) is 1.36. The van der Waals surface area contributed by atoms with E-state index >= 15 is 0 Å². The van der Waals surface area contributed by atoms with Gasteiger partial charge in [0.25, 0.3) is 8.32 Å². The zero-order chi connectivity index (χ0) is 24.5. The average Bonchev–Trinajstić information content (AvgIpc) is 3.33. The summed E-state index contributed by atoms with van der Waals surface area (Å²) in [5.74, 6) is -1.42. The highest BCUT2D eigenvalue weighted by Gasteiger charge is 2.61. The molecule has 0 radical (unpaired) electrons. The van der Waals surface area contributed by atoms with Crippen molar-refractivity contribution in [3.63, 3.8) is 0 Å². The van der Waals surface area contributed by atoms with Gasteiger partial charge in [0, 0.05) is 12.0 Å². The Labute approximate surface area is 203 Å². The van der Waals surface area contributed by atoms with Crippen LogP contribution in [0.15, 0.2) is 60.7 Å². The molecule has 0 amide bonds. The first-order chi connectivity index (χ1) is 16.2. The van der Waals surface area contributed by atoms with E-state index in [1.54, 1.807) is 6.92 Å². The van der Waals surface area contributed by atoms with Crippen LogP contribution in [0.2, 0.25) is 5.04 Å². The molecule has 180 valence electrons. The molecule has 2 fully saturated rings. The van der Waals surface area contributed by atoms with Gasteiger partial charge in [-0.25, -0.2) is 4.79 Å². The molecular formula is C28H34O5Si. The summed E-state index contributed by atoms with van der Waals surface area (Å²) >= 11 is 0. The van der Waals surface area contributed by atoms with Crippen molar-refractivity contribution in [1.82, 2.24) is 0 Å². The maximum absolute atomic E-state index is 12.7. The van der Waals surface area contributed by atoms with Gasteiger partial charge in [-0.05, 0) is 47.0 Å². The van der Waals surface area contributed by atoms with E-state index in [2.05, 4.69) is 69.3 Å². The monoisotopic (exact) mass is 478 g/mol. The van der Waals surface area contributed by atoms with Crippen LogP contribution in [0.5, 0.6) is 0 Å². The minimum absolute atomic E-state index is 0.0751. The Morgan fingerprint density at radius 2 is 1.38 bits per heavy atom. The summed E-state index contributed by atoms with van der Waals surface area (Å²) in [6.45, 7) is 8.58. The highest BCUT2D eigenvalue weighted by Crippen LogP contribution is 2.59. The molecular weight excluding hydrogens is 444 g/mol. The van der Waals surface area contributed by atoms with Crippen molar-refractivity contribution < 1.29 is 23.5 Å². The van der Waals surface area contributed by atoms with Crippen LogP contribution in [-0.2, 0) is 23.5 Å². The van der Waals surface area contributed by atoms with Gasteiger partial charge in [-0.2, -0.15) is 0 Å². The Morgan fingerprint density at radius 3 is 1.82 bits per heavy atom. The average molecular weight is 479 g/mol. The second kappa shape index (κ2) is 9.59. The van der Waals surface area contributed by atoms with Gasteiger partial charge in [0.2, 0.25) is 5.78 Å². The number of hydrogen-bond acceptors (Lipinski definition) is 5. The molecule has 0 saturated heterocycles. The smallest absolute Gasteiger partial charge is 0.375 e. The van der Waals surface area contributed by atoms with Crippen LogP contribution in [0.3, 0.4) is 0 Å².